The summed E-state index contributed by atoms with van der Waals surface area (Å²) in [5.41, 5.74) is 8.55. The highest BCUT2D eigenvalue weighted by Gasteiger charge is 2.15. The zero-order valence-electron chi connectivity index (χ0n) is 9.49. The molecule has 1 aliphatic rings. The third-order valence-electron chi connectivity index (χ3n) is 2.42. The smallest absolute Gasteiger partial charge is 0.189 e. The Morgan fingerprint density at radius 1 is 1.44 bits per heavy atom. The van der Waals surface area contributed by atoms with Crippen LogP contribution in [-0.4, -0.2) is 13.4 Å². The zero-order valence-corrected chi connectivity index (χ0v) is 9.49. The van der Waals surface area contributed by atoms with Gasteiger partial charge in [0, 0.05) is 23.4 Å². The Labute approximate surface area is 95.3 Å². The summed E-state index contributed by atoms with van der Waals surface area (Å²) in [6, 6.07) is 3.79. The van der Waals surface area contributed by atoms with E-state index in [-0.39, 0.29) is 0 Å². The molecule has 0 aliphatic carbocycles. The molecule has 0 fully saturated rings. The van der Waals surface area contributed by atoms with E-state index in [9.17, 15) is 0 Å². The van der Waals surface area contributed by atoms with Gasteiger partial charge in [-0.1, -0.05) is 6.92 Å². The van der Waals surface area contributed by atoms with Gasteiger partial charge in [0.2, 0.25) is 0 Å². The van der Waals surface area contributed by atoms with E-state index in [1.165, 1.54) is 0 Å². The van der Waals surface area contributed by atoms with Crippen LogP contribution in [0.4, 0.5) is 5.69 Å². The van der Waals surface area contributed by atoms with Crippen LogP contribution in [0.15, 0.2) is 12.1 Å². The normalized spacial score (nSPS) is 14.3. The minimum atomic E-state index is 0.303. The first-order valence-corrected chi connectivity index (χ1v) is 5.51. The van der Waals surface area contributed by atoms with Crippen molar-refractivity contribution >= 4 is 5.69 Å². The van der Waals surface area contributed by atoms with Crippen LogP contribution in [0.1, 0.15) is 24.5 Å². The lowest BCUT2D eigenvalue weighted by atomic mass is 10.1. The topological polar surface area (TPSA) is 53.7 Å². The van der Waals surface area contributed by atoms with Crippen molar-refractivity contribution in [3.8, 4) is 5.75 Å². The molecule has 0 spiro atoms. The molecule has 88 valence electrons. The molecule has 0 radical (unpaired) electrons. The first-order chi connectivity index (χ1) is 7.81. The molecule has 0 saturated carbocycles. The van der Waals surface area contributed by atoms with Gasteiger partial charge in [-0.25, -0.2) is 0 Å². The maximum atomic E-state index is 5.82. The van der Waals surface area contributed by atoms with Crippen LogP contribution in [0.25, 0.3) is 0 Å². The number of benzene rings is 1. The van der Waals surface area contributed by atoms with Crippen molar-refractivity contribution in [2.75, 3.05) is 19.1 Å². The van der Waals surface area contributed by atoms with Gasteiger partial charge in [-0.05, 0) is 18.6 Å². The van der Waals surface area contributed by atoms with Crippen LogP contribution in [0, 0.1) is 0 Å². The Morgan fingerprint density at radius 3 is 3.12 bits per heavy atom. The highest BCUT2D eigenvalue weighted by atomic mass is 16.7. The van der Waals surface area contributed by atoms with Crippen molar-refractivity contribution in [1.82, 2.24) is 0 Å². The molecule has 4 nitrogen and oxygen atoms in total. The van der Waals surface area contributed by atoms with E-state index < -0.39 is 0 Å². The number of hydrogen-bond donors (Lipinski definition) is 1. The number of anilines is 1. The predicted octanol–water partition coefficient (Wildman–Crippen LogP) is 2.06. The number of rotatable bonds is 4. The fraction of sp³-hybridized carbons (Fsp3) is 0.500. The predicted molar refractivity (Wildman–Crippen MR) is 61.1 cm³/mol. The lowest BCUT2D eigenvalue weighted by Gasteiger charge is -2.21. The van der Waals surface area contributed by atoms with Gasteiger partial charge in [-0.2, -0.15) is 0 Å². The molecular weight excluding hydrogens is 206 g/mol. The van der Waals surface area contributed by atoms with Crippen molar-refractivity contribution < 1.29 is 14.2 Å². The molecule has 1 heterocycles. The molecule has 4 heteroatoms. The number of nitrogens with two attached hydrogens (primary N) is 1. The van der Waals surface area contributed by atoms with Gasteiger partial charge in [0.1, 0.15) is 5.75 Å². The summed E-state index contributed by atoms with van der Waals surface area (Å²) in [6.07, 6.45) is 1.01. The first-order valence-electron chi connectivity index (χ1n) is 5.51. The number of fused-ring (bicyclic) bond motifs is 1. The van der Waals surface area contributed by atoms with Gasteiger partial charge in [0.25, 0.3) is 0 Å². The average molecular weight is 223 g/mol. The first kappa shape index (κ1) is 11.2. The average Bonchev–Trinajstić information content (AvgIpc) is 2.29. The molecule has 1 aromatic rings. The second-order valence-corrected chi connectivity index (χ2v) is 3.83. The van der Waals surface area contributed by atoms with E-state index in [2.05, 4.69) is 6.92 Å². The summed E-state index contributed by atoms with van der Waals surface area (Å²) in [6.45, 7) is 4.24. The van der Waals surface area contributed by atoms with Crippen LogP contribution in [0.2, 0.25) is 0 Å². The van der Waals surface area contributed by atoms with Crippen molar-refractivity contribution in [2.45, 2.75) is 26.6 Å². The number of ether oxygens (including phenoxy) is 3. The lowest BCUT2D eigenvalue weighted by Crippen LogP contribution is -2.14. The second kappa shape index (κ2) is 5.18. The molecule has 0 amide bonds. The molecule has 0 saturated heterocycles. The molecular formula is C12H17NO3. The molecule has 0 bridgehead atoms. The number of nitrogen functional groups attached to an aromatic ring is 1. The summed E-state index contributed by atoms with van der Waals surface area (Å²) in [7, 11) is 0. The van der Waals surface area contributed by atoms with E-state index in [1.54, 1.807) is 0 Å². The van der Waals surface area contributed by atoms with Crippen LogP contribution in [-0.2, 0) is 22.7 Å². The van der Waals surface area contributed by atoms with E-state index in [1.807, 2.05) is 12.1 Å². The Hall–Kier alpha value is -1.26. The molecule has 2 rings (SSSR count). The van der Waals surface area contributed by atoms with Crippen molar-refractivity contribution in [2.24, 2.45) is 0 Å². The highest BCUT2D eigenvalue weighted by Crippen LogP contribution is 2.31. The second-order valence-electron chi connectivity index (χ2n) is 3.83. The zero-order chi connectivity index (χ0) is 11.4. The largest absolute Gasteiger partial charge is 0.467 e. The van der Waals surface area contributed by atoms with Gasteiger partial charge in [0.05, 0.1) is 13.2 Å². The van der Waals surface area contributed by atoms with E-state index in [0.29, 0.717) is 20.0 Å². The summed E-state index contributed by atoms with van der Waals surface area (Å²) in [5, 5.41) is 0. The molecule has 1 aliphatic heterocycles. The highest BCUT2D eigenvalue weighted by molar-refractivity contribution is 5.53. The van der Waals surface area contributed by atoms with Crippen LogP contribution in [0.3, 0.4) is 0 Å². The maximum Gasteiger partial charge on any atom is 0.189 e. The summed E-state index contributed by atoms with van der Waals surface area (Å²) < 4.78 is 16.2. The third-order valence-corrected chi connectivity index (χ3v) is 2.42. The van der Waals surface area contributed by atoms with Gasteiger partial charge in [0.15, 0.2) is 6.79 Å². The van der Waals surface area contributed by atoms with Crippen molar-refractivity contribution in [3.05, 3.63) is 23.3 Å². The van der Waals surface area contributed by atoms with Gasteiger partial charge in [-0.15, -0.1) is 0 Å². The Morgan fingerprint density at radius 2 is 2.31 bits per heavy atom. The number of hydrogen-bond acceptors (Lipinski definition) is 4. The molecule has 0 aromatic heterocycles. The summed E-state index contributed by atoms with van der Waals surface area (Å²) >= 11 is 0. The summed E-state index contributed by atoms with van der Waals surface area (Å²) in [4.78, 5) is 0. The standard InChI is InChI=1S/C12H17NO3/c1-2-3-14-6-9-4-11(13)5-10-7-15-8-16-12(9)10/h4-5H,2-3,6-8,13H2,1H3. The van der Waals surface area contributed by atoms with Crippen molar-refractivity contribution in [1.29, 1.82) is 0 Å². The molecule has 0 unspecified atom stereocenters. The van der Waals surface area contributed by atoms with Crippen LogP contribution < -0.4 is 10.5 Å². The lowest BCUT2D eigenvalue weighted by molar-refractivity contribution is -0.0183. The Balaban J connectivity index is 2.18. The van der Waals surface area contributed by atoms with Gasteiger partial charge >= 0.3 is 0 Å². The Kier molecular flexibility index (Phi) is 3.64. The Bertz CT molecular complexity index is 366. The minimum absolute atomic E-state index is 0.303. The van der Waals surface area contributed by atoms with E-state index >= 15 is 0 Å². The van der Waals surface area contributed by atoms with Gasteiger partial charge in [-0.3, -0.25) is 0 Å². The van der Waals surface area contributed by atoms with Crippen molar-refractivity contribution in [3.63, 3.8) is 0 Å². The monoisotopic (exact) mass is 223 g/mol. The molecule has 16 heavy (non-hydrogen) atoms. The minimum Gasteiger partial charge on any atom is -0.467 e. The quantitative estimate of drug-likeness (QED) is 0.627. The fourth-order valence-corrected chi connectivity index (χ4v) is 1.76. The molecule has 1 aromatic carbocycles. The summed E-state index contributed by atoms with van der Waals surface area (Å²) in [5.74, 6) is 0.872. The van der Waals surface area contributed by atoms with Gasteiger partial charge < -0.3 is 19.9 Å². The third kappa shape index (κ3) is 2.46. The maximum absolute atomic E-state index is 5.82. The SMILES string of the molecule is CCCOCc1cc(N)cc2c1OCOC2. The molecule has 2 N–H and O–H groups in total. The van der Waals surface area contributed by atoms with Crippen LogP contribution in [0.5, 0.6) is 5.75 Å². The molecule has 0 atom stereocenters. The van der Waals surface area contributed by atoms with E-state index in [4.69, 9.17) is 19.9 Å². The fourth-order valence-electron chi connectivity index (χ4n) is 1.76. The van der Waals surface area contributed by atoms with E-state index in [0.717, 1.165) is 35.6 Å². The van der Waals surface area contributed by atoms with Crippen LogP contribution >= 0.6 is 0 Å².